The second-order valence-corrected chi connectivity index (χ2v) is 9.28. The molecule has 0 radical (unpaired) electrons. The van der Waals surface area contributed by atoms with Gasteiger partial charge in [-0.3, -0.25) is 10.1 Å². The van der Waals surface area contributed by atoms with Crippen molar-refractivity contribution in [2.45, 2.75) is 38.1 Å². The van der Waals surface area contributed by atoms with Crippen LogP contribution in [0.4, 0.5) is 10.5 Å². The van der Waals surface area contributed by atoms with Crippen molar-refractivity contribution >= 4 is 23.3 Å². The fraction of sp³-hybridized carbons (Fsp3) is 0.556. The Kier molecular flexibility index (Phi) is 11.0. The summed E-state index contributed by atoms with van der Waals surface area (Å²) in [6.45, 7) is 1.35. The van der Waals surface area contributed by atoms with Gasteiger partial charge in [-0.1, -0.05) is 11.2 Å². The molecule has 1 aliphatic carbocycles. The lowest BCUT2D eigenvalue weighted by Crippen LogP contribution is -2.48. The molecule has 12 nitrogen and oxygen atoms in total. The zero-order valence-corrected chi connectivity index (χ0v) is 23.0. The number of hydrogen-bond donors (Lipinski definition) is 1. The maximum atomic E-state index is 14.4. The Morgan fingerprint density at radius 2 is 2.05 bits per heavy atom. The molecule has 1 heterocycles. The molecule has 0 unspecified atom stereocenters. The van der Waals surface area contributed by atoms with E-state index in [1.54, 1.807) is 33.5 Å². The van der Waals surface area contributed by atoms with Crippen LogP contribution in [0.3, 0.4) is 0 Å². The summed E-state index contributed by atoms with van der Waals surface area (Å²) in [4.78, 5) is 31.3. The largest absolute Gasteiger partial charge is 0.500 e. The molecule has 2 amide bonds. The number of ether oxygens (including phenoxy) is 5. The van der Waals surface area contributed by atoms with Crippen LogP contribution in [0.25, 0.3) is 16.0 Å². The molecule has 212 valence electrons. The average Bonchev–Trinajstić information content (AvgIpc) is 3.43. The summed E-state index contributed by atoms with van der Waals surface area (Å²) in [5.74, 6) is 0.993. The molecule has 1 fully saturated rings. The predicted octanol–water partition coefficient (Wildman–Crippen LogP) is 4.88. The molecule has 0 aromatic heterocycles. The highest BCUT2D eigenvalue weighted by molar-refractivity contribution is 5.95. The zero-order chi connectivity index (χ0) is 28.3. The summed E-state index contributed by atoms with van der Waals surface area (Å²) < 4.78 is 26.6. The van der Waals surface area contributed by atoms with Crippen molar-refractivity contribution in [1.82, 2.24) is 4.90 Å². The lowest BCUT2D eigenvalue weighted by atomic mass is 9.73. The molecule has 3 rings (SSSR count). The van der Waals surface area contributed by atoms with Crippen LogP contribution in [0.1, 0.15) is 37.7 Å². The Morgan fingerprint density at radius 1 is 1.23 bits per heavy atom. The number of allylic oxidation sites excluding steroid dienone is 2. The van der Waals surface area contributed by atoms with Crippen molar-refractivity contribution in [1.29, 1.82) is 0 Å². The highest BCUT2D eigenvalue weighted by Crippen LogP contribution is 2.46. The Labute approximate surface area is 228 Å². The van der Waals surface area contributed by atoms with Crippen molar-refractivity contribution in [3.05, 3.63) is 52.1 Å². The number of rotatable bonds is 13. The molecular weight excluding hydrogens is 506 g/mol. The first-order valence-electron chi connectivity index (χ1n) is 12.8. The highest BCUT2D eigenvalue weighted by Gasteiger charge is 2.47. The van der Waals surface area contributed by atoms with Crippen molar-refractivity contribution in [2.75, 3.05) is 60.2 Å². The number of benzene rings is 1. The Balaban J connectivity index is 2.08. The minimum absolute atomic E-state index is 0.101. The SMILES string of the molecule is COCOC[C@@H]1CCCN1C(=O)[C@]1(CCCN=[N+]=[N-])C=C(c2ccc(OC)cc2NC(=O)OC)CC=C1OC. The van der Waals surface area contributed by atoms with Gasteiger partial charge in [0.1, 0.15) is 23.7 Å². The smallest absolute Gasteiger partial charge is 0.411 e. The van der Waals surface area contributed by atoms with E-state index in [9.17, 15) is 9.59 Å². The van der Waals surface area contributed by atoms with Crippen LogP contribution in [0.2, 0.25) is 0 Å². The molecule has 1 N–H and O–H groups in total. The number of likely N-dealkylation sites (tertiary alicyclic amines) is 1. The zero-order valence-electron chi connectivity index (χ0n) is 23.0. The van der Waals surface area contributed by atoms with Crippen LogP contribution >= 0.6 is 0 Å². The molecule has 12 heteroatoms. The van der Waals surface area contributed by atoms with Crippen LogP contribution in [-0.2, 0) is 23.7 Å². The molecule has 0 bridgehead atoms. The van der Waals surface area contributed by atoms with Crippen LogP contribution < -0.4 is 10.1 Å². The maximum absolute atomic E-state index is 14.4. The Morgan fingerprint density at radius 3 is 2.74 bits per heavy atom. The topological polar surface area (TPSA) is 144 Å². The molecule has 0 spiro atoms. The van der Waals surface area contributed by atoms with Gasteiger partial charge in [0.2, 0.25) is 5.91 Å². The Hall–Kier alpha value is -3.73. The summed E-state index contributed by atoms with van der Waals surface area (Å²) in [6.07, 6.45) is 6.19. The lowest BCUT2D eigenvalue weighted by Gasteiger charge is -2.39. The second-order valence-electron chi connectivity index (χ2n) is 9.28. The quantitative estimate of drug-likeness (QED) is 0.123. The second kappa shape index (κ2) is 14.4. The summed E-state index contributed by atoms with van der Waals surface area (Å²) in [5.41, 5.74) is 9.70. The summed E-state index contributed by atoms with van der Waals surface area (Å²) >= 11 is 0. The first-order valence-corrected chi connectivity index (χ1v) is 12.8. The Bertz CT molecular complexity index is 1130. The number of azide groups is 1. The molecule has 0 saturated carbocycles. The summed E-state index contributed by atoms with van der Waals surface area (Å²) in [7, 11) is 5.95. The van der Waals surface area contributed by atoms with Gasteiger partial charge < -0.3 is 28.6 Å². The monoisotopic (exact) mass is 543 g/mol. The minimum atomic E-state index is -1.14. The van der Waals surface area contributed by atoms with Gasteiger partial charge in [-0.05, 0) is 61.4 Å². The molecular formula is C27H37N5O7. The van der Waals surface area contributed by atoms with E-state index in [2.05, 4.69) is 15.3 Å². The molecule has 1 aromatic rings. The maximum Gasteiger partial charge on any atom is 0.411 e. The fourth-order valence-corrected chi connectivity index (χ4v) is 5.20. The van der Waals surface area contributed by atoms with Gasteiger partial charge in [-0.25, -0.2) is 4.79 Å². The molecule has 1 aliphatic heterocycles. The first-order chi connectivity index (χ1) is 18.9. The number of amides is 2. The standard InChI is InChI=1S/C27H37N5O7/c1-35-18-39-17-20-7-5-14-32(20)25(33)27(12-6-13-29-31-28)16-19(8-11-24(27)37-3)22-10-9-21(36-2)15-23(22)30-26(34)38-4/h9-11,15-16,20H,5-8,12-14,17-18H2,1-4H3,(H,30,34)/t20-,27+/m0/s1. The number of carbonyl (C=O) groups excluding carboxylic acids is 2. The van der Waals surface area contributed by atoms with Crippen LogP contribution in [0.5, 0.6) is 5.75 Å². The van der Waals surface area contributed by atoms with Gasteiger partial charge in [0.25, 0.3) is 0 Å². The van der Waals surface area contributed by atoms with Crippen LogP contribution in [0.15, 0.2) is 41.2 Å². The fourth-order valence-electron chi connectivity index (χ4n) is 5.20. The van der Waals surface area contributed by atoms with Crippen molar-refractivity contribution in [3.8, 4) is 5.75 Å². The van der Waals surface area contributed by atoms with Crippen molar-refractivity contribution in [3.63, 3.8) is 0 Å². The third-order valence-corrected chi connectivity index (χ3v) is 7.01. The molecule has 2 aliphatic rings. The van der Waals surface area contributed by atoms with E-state index >= 15 is 0 Å². The third kappa shape index (κ3) is 7.03. The van der Waals surface area contributed by atoms with E-state index in [1.807, 2.05) is 23.1 Å². The van der Waals surface area contributed by atoms with Gasteiger partial charge in [0.05, 0.1) is 39.7 Å². The lowest BCUT2D eigenvalue weighted by molar-refractivity contribution is -0.143. The third-order valence-electron chi connectivity index (χ3n) is 7.01. The number of anilines is 1. The van der Waals surface area contributed by atoms with E-state index < -0.39 is 11.5 Å². The summed E-state index contributed by atoms with van der Waals surface area (Å²) in [5, 5.41) is 6.43. The number of methoxy groups -OCH3 is 4. The molecule has 39 heavy (non-hydrogen) atoms. The average molecular weight is 544 g/mol. The van der Waals surface area contributed by atoms with Crippen molar-refractivity contribution in [2.24, 2.45) is 10.5 Å². The van der Waals surface area contributed by atoms with E-state index in [-0.39, 0.29) is 25.3 Å². The van der Waals surface area contributed by atoms with Gasteiger partial charge in [-0.15, -0.1) is 0 Å². The number of nitrogens with zero attached hydrogens (tertiary/aromatic N) is 4. The van der Waals surface area contributed by atoms with Gasteiger partial charge >= 0.3 is 6.09 Å². The number of nitrogens with one attached hydrogen (secondary N) is 1. The van der Waals surface area contributed by atoms with Crippen LogP contribution in [-0.4, -0.2) is 77.9 Å². The van der Waals surface area contributed by atoms with E-state index in [0.717, 1.165) is 24.0 Å². The van der Waals surface area contributed by atoms with E-state index in [1.165, 1.54) is 7.11 Å². The minimum Gasteiger partial charge on any atom is -0.500 e. The van der Waals surface area contributed by atoms with Gasteiger partial charge in [-0.2, -0.15) is 0 Å². The number of carbonyl (C=O) groups is 2. The normalized spacial score (nSPS) is 20.4. The van der Waals surface area contributed by atoms with Gasteiger partial charge in [0.15, 0.2) is 0 Å². The van der Waals surface area contributed by atoms with Gasteiger partial charge in [0, 0.05) is 36.7 Å². The molecule has 2 atom stereocenters. The summed E-state index contributed by atoms with van der Waals surface area (Å²) in [6, 6.07) is 5.24. The van der Waals surface area contributed by atoms with E-state index in [4.69, 9.17) is 29.2 Å². The van der Waals surface area contributed by atoms with Crippen LogP contribution in [0, 0.1) is 5.41 Å². The first kappa shape index (κ1) is 29.8. The highest BCUT2D eigenvalue weighted by atomic mass is 16.7. The number of hydrogen-bond acceptors (Lipinski definition) is 8. The predicted molar refractivity (Wildman–Crippen MR) is 145 cm³/mol. The van der Waals surface area contributed by atoms with Crippen molar-refractivity contribution < 1.29 is 33.3 Å². The molecule has 1 saturated heterocycles. The molecule has 1 aromatic carbocycles. The van der Waals surface area contributed by atoms with E-state index in [0.29, 0.717) is 49.6 Å².